The van der Waals surface area contributed by atoms with Crippen LogP contribution in [0.25, 0.3) is 0 Å². The fourth-order valence-electron chi connectivity index (χ4n) is 0.478. The van der Waals surface area contributed by atoms with Crippen LogP contribution in [0.15, 0.2) is 11.6 Å². The second-order valence-electron chi connectivity index (χ2n) is 2.04. The van der Waals surface area contributed by atoms with Crippen molar-refractivity contribution < 1.29 is 9.53 Å². The molecule has 0 bridgehead atoms. The lowest BCUT2D eigenvalue weighted by atomic mass is 10.4. The molecule has 1 N–H and O–H groups in total. The van der Waals surface area contributed by atoms with Crippen LogP contribution in [-0.2, 0) is 9.53 Å². The van der Waals surface area contributed by atoms with Gasteiger partial charge in [0.2, 0.25) is 5.91 Å². The van der Waals surface area contributed by atoms with Gasteiger partial charge in [0.15, 0.2) is 0 Å². The summed E-state index contributed by atoms with van der Waals surface area (Å²) >= 11 is 5.42. The Bertz CT molecular complexity index is 147. The second-order valence-corrected chi connectivity index (χ2v) is 2.57. The molecular formula is C7H12ClNO2. The highest BCUT2D eigenvalue weighted by Gasteiger charge is 1.98. The normalized spacial score (nSPS) is 9.27. The molecule has 0 fully saturated rings. The molecular weight excluding hydrogens is 166 g/mol. The largest absolute Gasteiger partial charge is 0.384 e. The zero-order valence-corrected chi connectivity index (χ0v) is 7.28. The zero-order chi connectivity index (χ0) is 8.69. The Balaban J connectivity index is 3.30. The van der Waals surface area contributed by atoms with Crippen molar-refractivity contribution in [2.75, 3.05) is 20.3 Å². The lowest BCUT2D eigenvalue weighted by Gasteiger charge is -2.01. The number of hydrogen-bond acceptors (Lipinski definition) is 2. The van der Waals surface area contributed by atoms with E-state index in [9.17, 15) is 4.79 Å². The third-order valence-corrected chi connectivity index (χ3v) is 1.14. The van der Waals surface area contributed by atoms with Gasteiger partial charge >= 0.3 is 0 Å². The Hall–Kier alpha value is -0.540. The van der Waals surface area contributed by atoms with E-state index in [2.05, 4.69) is 11.9 Å². The van der Waals surface area contributed by atoms with Crippen molar-refractivity contribution in [2.45, 2.75) is 6.42 Å². The van der Waals surface area contributed by atoms with Crippen LogP contribution < -0.4 is 5.32 Å². The van der Waals surface area contributed by atoms with E-state index in [1.807, 2.05) is 0 Å². The molecule has 0 saturated heterocycles. The van der Waals surface area contributed by atoms with Gasteiger partial charge in [-0.3, -0.25) is 4.79 Å². The predicted octanol–water partition coefficient (Wildman–Crippen LogP) is 0.892. The second kappa shape index (κ2) is 6.19. The maximum Gasteiger partial charge on any atom is 0.222 e. The lowest BCUT2D eigenvalue weighted by molar-refractivity contribution is -0.121. The molecule has 0 heterocycles. The van der Waals surface area contributed by atoms with Crippen molar-refractivity contribution >= 4 is 17.5 Å². The van der Waals surface area contributed by atoms with Crippen molar-refractivity contribution in [3.63, 3.8) is 0 Å². The van der Waals surface area contributed by atoms with E-state index in [0.29, 0.717) is 24.6 Å². The molecule has 0 aromatic heterocycles. The Morgan fingerprint density at radius 1 is 1.73 bits per heavy atom. The first-order valence-electron chi connectivity index (χ1n) is 3.25. The predicted molar refractivity (Wildman–Crippen MR) is 44.5 cm³/mol. The number of methoxy groups -OCH3 is 1. The minimum Gasteiger partial charge on any atom is -0.384 e. The molecule has 0 spiro atoms. The van der Waals surface area contributed by atoms with Gasteiger partial charge in [-0.1, -0.05) is 18.2 Å². The monoisotopic (exact) mass is 177 g/mol. The van der Waals surface area contributed by atoms with E-state index in [4.69, 9.17) is 16.3 Å². The van der Waals surface area contributed by atoms with Crippen molar-refractivity contribution in [2.24, 2.45) is 0 Å². The van der Waals surface area contributed by atoms with Gasteiger partial charge in [0.25, 0.3) is 0 Å². The number of halogens is 1. The molecule has 0 rings (SSSR count). The summed E-state index contributed by atoms with van der Waals surface area (Å²) in [5.41, 5.74) is 0. The van der Waals surface area contributed by atoms with E-state index in [1.165, 1.54) is 0 Å². The first-order valence-corrected chi connectivity index (χ1v) is 3.63. The zero-order valence-electron chi connectivity index (χ0n) is 6.52. The average Bonchev–Trinajstić information content (AvgIpc) is 1.97. The van der Waals surface area contributed by atoms with Gasteiger partial charge in [0.05, 0.1) is 13.2 Å². The highest BCUT2D eigenvalue weighted by atomic mass is 35.5. The summed E-state index contributed by atoms with van der Waals surface area (Å²) in [6.45, 7) is 4.18. The van der Waals surface area contributed by atoms with Crippen molar-refractivity contribution in [1.29, 1.82) is 0 Å². The fourth-order valence-corrected chi connectivity index (χ4v) is 0.544. The molecule has 11 heavy (non-hydrogen) atoms. The molecule has 0 aromatic carbocycles. The first-order chi connectivity index (χ1) is 5.16. The third kappa shape index (κ3) is 7.36. The number of amides is 1. The average molecular weight is 178 g/mol. The number of carbonyl (C=O) groups is 1. The van der Waals surface area contributed by atoms with Crippen LogP contribution in [0.5, 0.6) is 0 Å². The van der Waals surface area contributed by atoms with Gasteiger partial charge in [-0.05, 0) is 0 Å². The molecule has 0 aromatic rings. The molecule has 0 saturated carbocycles. The Morgan fingerprint density at radius 3 is 2.82 bits per heavy atom. The van der Waals surface area contributed by atoms with E-state index in [1.54, 1.807) is 7.11 Å². The highest BCUT2D eigenvalue weighted by Crippen LogP contribution is 1.92. The van der Waals surface area contributed by atoms with Crippen LogP contribution in [0.4, 0.5) is 0 Å². The Labute approximate surface area is 71.4 Å². The number of hydrogen-bond donors (Lipinski definition) is 1. The maximum atomic E-state index is 10.8. The number of nitrogens with one attached hydrogen (secondary N) is 1. The van der Waals surface area contributed by atoms with Crippen LogP contribution in [0.2, 0.25) is 0 Å². The van der Waals surface area contributed by atoms with Crippen LogP contribution in [0, 0.1) is 0 Å². The minimum absolute atomic E-state index is 0.0753. The van der Waals surface area contributed by atoms with Gasteiger partial charge < -0.3 is 10.1 Å². The smallest absolute Gasteiger partial charge is 0.222 e. The summed E-state index contributed by atoms with van der Waals surface area (Å²) in [6, 6.07) is 0. The van der Waals surface area contributed by atoms with Crippen molar-refractivity contribution in [3.05, 3.63) is 11.6 Å². The summed E-state index contributed by atoms with van der Waals surface area (Å²) in [4.78, 5) is 10.8. The molecule has 1 amide bonds. The van der Waals surface area contributed by atoms with Gasteiger partial charge in [0, 0.05) is 18.6 Å². The highest BCUT2D eigenvalue weighted by molar-refractivity contribution is 6.29. The summed E-state index contributed by atoms with van der Waals surface area (Å²) in [5.74, 6) is -0.0753. The Kier molecular flexibility index (Phi) is 5.88. The number of carbonyl (C=O) groups excluding carboxylic acids is 1. The lowest BCUT2D eigenvalue weighted by Crippen LogP contribution is -2.25. The number of rotatable bonds is 5. The topological polar surface area (TPSA) is 38.3 Å². The van der Waals surface area contributed by atoms with Crippen LogP contribution in [0.3, 0.4) is 0 Å². The maximum absolute atomic E-state index is 10.8. The van der Waals surface area contributed by atoms with Gasteiger partial charge in [-0.15, -0.1) is 0 Å². The molecule has 0 atom stereocenters. The molecule has 0 aliphatic heterocycles. The summed E-state index contributed by atoms with van der Waals surface area (Å²) in [6.07, 6.45) is 0.362. The number of ether oxygens (including phenoxy) is 1. The molecule has 3 nitrogen and oxygen atoms in total. The van der Waals surface area contributed by atoms with Gasteiger partial charge in [0.1, 0.15) is 0 Å². The standard InChI is InChI=1S/C7H12ClNO2/c1-6(8)5-9-7(10)3-4-11-2/h1,3-5H2,2H3,(H,9,10). The van der Waals surface area contributed by atoms with Gasteiger partial charge in [-0.25, -0.2) is 0 Å². The minimum atomic E-state index is -0.0753. The summed E-state index contributed by atoms with van der Waals surface area (Å²) < 4.78 is 4.70. The van der Waals surface area contributed by atoms with E-state index in [0.717, 1.165) is 0 Å². The third-order valence-electron chi connectivity index (χ3n) is 1.01. The molecule has 0 radical (unpaired) electrons. The van der Waals surface area contributed by atoms with E-state index in [-0.39, 0.29) is 5.91 Å². The van der Waals surface area contributed by atoms with E-state index >= 15 is 0 Å². The molecule has 64 valence electrons. The molecule has 0 unspecified atom stereocenters. The Morgan fingerprint density at radius 2 is 2.36 bits per heavy atom. The van der Waals surface area contributed by atoms with Crippen LogP contribution >= 0.6 is 11.6 Å². The molecule has 0 aliphatic rings. The van der Waals surface area contributed by atoms with E-state index < -0.39 is 0 Å². The fraction of sp³-hybridized carbons (Fsp3) is 0.571. The quantitative estimate of drug-likeness (QED) is 0.678. The van der Waals surface area contributed by atoms with Gasteiger partial charge in [-0.2, -0.15) is 0 Å². The summed E-state index contributed by atoms with van der Waals surface area (Å²) in [5, 5.41) is 2.99. The first kappa shape index (κ1) is 10.5. The van der Waals surface area contributed by atoms with Crippen LogP contribution in [-0.4, -0.2) is 26.2 Å². The molecule has 0 aliphatic carbocycles. The van der Waals surface area contributed by atoms with Crippen LogP contribution in [0.1, 0.15) is 6.42 Å². The van der Waals surface area contributed by atoms with Crippen molar-refractivity contribution in [3.8, 4) is 0 Å². The SMILES string of the molecule is C=C(Cl)CNC(=O)CCOC. The van der Waals surface area contributed by atoms with Crippen molar-refractivity contribution in [1.82, 2.24) is 5.32 Å². The summed E-state index contributed by atoms with van der Waals surface area (Å²) in [7, 11) is 1.55. The molecule has 4 heteroatoms.